The number of rotatable bonds is 6. The van der Waals surface area contributed by atoms with E-state index in [4.69, 9.17) is 9.84 Å². The third kappa shape index (κ3) is 4.49. The smallest absolute Gasteiger partial charge is 0.304 e. The molecule has 0 aliphatic carbocycles. The fraction of sp³-hybridized carbons (Fsp3) is 0.533. The second-order valence-electron chi connectivity index (χ2n) is 5.67. The first-order valence-corrected chi connectivity index (χ1v) is 6.54. The monoisotopic (exact) mass is 283 g/mol. The van der Waals surface area contributed by atoms with Gasteiger partial charge >= 0.3 is 5.97 Å². The van der Waals surface area contributed by atoms with Crippen LogP contribution in [-0.4, -0.2) is 35.2 Å². The molecule has 0 unspecified atom stereocenters. The quantitative estimate of drug-likeness (QED) is 0.872. The van der Waals surface area contributed by atoms with Crippen LogP contribution < -0.4 is 4.74 Å². The maximum absolute atomic E-state index is 14.2. The minimum absolute atomic E-state index is 0.0306. The van der Waals surface area contributed by atoms with Gasteiger partial charge in [0.05, 0.1) is 13.5 Å². The Kier molecular flexibility index (Phi) is 5.51. The van der Waals surface area contributed by atoms with Gasteiger partial charge in [-0.1, -0.05) is 12.1 Å². The molecule has 0 saturated carbocycles. The number of halogens is 1. The maximum Gasteiger partial charge on any atom is 0.304 e. The Morgan fingerprint density at radius 2 is 2.05 bits per heavy atom. The minimum atomic E-state index is -0.856. The molecule has 0 amide bonds. The summed E-state index contributed by atoms with van der Waals surface area (Å²) in [7, 11) is 1.42. The third-order valence-corrected chi connectivity index (χ3v) is 3.17. The summed E-state index contributed by atoms with van der Waals surface area (Å²) in [5.74, 6) is -1.04. The third-order valence-electron chi connectivity index (χ3n) is 3.17. The van der Waals surface area contributed by atoms with E-state index in [1.165, 1.54) is 7.11 Å². The van der Waals surface area contributed by atoms with Crippen LogP contribution in [0.15, 0.2) is 18.2 Å². The van der Waals surface area contributed by atoms with Crippen LogP contribution in [0.25, 0.3) is 0 Å². The van der Waals surface area contributed by atoms with Crippen LogP contribution in [0.3, 0.4) is 0 Å². The minimum Gasteiger partial charge on any atom is -0.494 e. The maximum atomic E-state index is 14.2. The van der Waals surface area contributed by atoms with Crippen LogP contribution in [0.5, 0.6) is 5.75 Å². The highest BCUT2D eigenvalue weighted by atomic mass is 19.1. The lowest BCUT2D eigenvalue weighted by molar-refractivity contribution is -0.137. The van der Waals surface area contributed by atoms with Crippen molar-refractivity contribution in [3.05, 3.63) is 29.6 Å². The van der Waals surface area contributed by atoms with Gasteiger partial charge < -0.3 is 9.84 Å². The molecule has 1 aromatic carbocycles. The molecule has 5 heteroatoms. The second-order valence-corrected chi connectivity index (χ2v) is 5.67. The van der Waals surface area contributed by atoms with Crippen LogP contribution >= 0.6 is 0 Å². The summed E-state index contributed by atoms with van der Waals surface area (Å²) < 4.78 is 19.1. The molecule has 0 fully saturated rings. The number of aliphatic carboxylic acids is 1. The van der Waals surface area contributed by atoms with Gasteiger partial charge in [0.1, 0.15) is 0 Å². The first kappa shape index (κ1) is 16.4. The summed E-state index contributed by atoms with van der Waals surface area (Å²) in [5.41, 5.74) is 0.259. The van der Waals surface area contributed by atoms with Gasteiger partial charge in [-0.25, -0.2) is 4.39 Å². The van der Waals surface area contributed by atoms with E-state index in [1.54, 1.807) is 18.2 Å². The number of benzene rings is 1. The summed E-state index contributed by atoms with van der Waals surface area (Å²) >= 11 is 0. The molecule has 1 N–H and O–H groups in total. The Balaban J connectivity index is 2.92. The first-order chi connectivity index (χ1) is 9.25. The van der Waals surface area contributed by atoms with Crippen molar-refractivity contribution in [3.63, 3.8) is 0 Å². The molecule has 0 atom stereocenters. The molecule has 0 aliphatic rings. The zero-order valence-corrected chi connectivity index (χ0v) is 12.4. The van der Waals surface area contributed by atoms with E-state index >= 15 is 0 Å². The predicted octanol–water partition coefficient (Wildman–Crippen LogP) is 2.91. The number of hydrogen-bond acceptors (Lipinski definition) is 3. The molecule has 0 aromatic heterocycles. The lowest BCUT2D eigenvalue weighted by Gasteiger charge is -2.35. The highest BCUT2D eigenvalue weighted by molar-refractivity contribution is 5.66. The molecule has 0 aliphatic heterocycles. The Bertz CT molecular complexity index is 469. The number of nitrogens with zero attached hydrogens (tertiary/aromatic N) is 1. The van der Waals surface area contributed by atoms with Crippen molar-refractivity contribution in [2.24, 2.45) is 0 Å². The first-order valence-electron chi connectivity index (χ1n) is 6.54. The molecule has 4 nitrogen and oxygen atoms in total. The largest absolute Gasteiger partial charge is 0.494 e. The molecule has 0 saturated heterocycles. The summed E-state index contributed by atoms with van der Waals surface area (Å²) in [4.78, 5) is 12.7. The average Bonchev–Trinajstić information content (AvgIpc) is 2.34. The van der Waals surface area contributed by atoms with Gasteiger partial charge in [-0.05, 0) is 26.8 Å². The number of methoxy groups -OCH3 is 1. The van der Waals surface area contributed by atoms with Gasteiger partial charge in [0.2, 0.25) is 0 Å². The number of carbonyl (C=O) groups is 1. The molecule has 1 rings (SSSR count). The van der Waals surface area contributed by atoms with Crippen LogP contribution in [0.1, 0.15) is 32.8 Å². The Morgan fingerprint density at radius 3 is 2.55 bits per heavy atom. The standard InChI is InChI=1S/C15H22FNO3/c1-15(2,3)17(9-8-13(18)19)10-11-6-5-7-12(20-4)14(11)16/h5-7H,8-10H2,1-4H3,(H,18,19). The number of hydrogen-bond donors (Lipinski definition) is 1. The Labute approximate surface area is 119 Å². The fourth-order valence-electron chi connectivity index (χ4n) is 1.92. The molecular weight excluding hydrogens is 261 g/mol. The summed E-state index contributed by atoms with van der Waals surface area (Å²) in [6.07, 6.45) is 0.0306. The van der Waals surface area contributed by atoms with Crippen molar-refractivity contribution in [2.75, 3.05) is 13.7 Å². The molecular formula is C15H22FNO3. The van der Waals surface area contributed by atoms with E-state index in [9.17, 15) is 9.18 Å². The van der Waals surface area contributed by atoms with Crippen molar-refractivity contribution in [1.82, 2.24) is 4.90 Å². The van der Waals surface area contributed by atoms with Gasteiger partial charge in [0, 0.05) is 24.2 Å². The van der Waals surface area contributed by atoms with Gasteiger partial charge in [0.25, 0.3) is 0 Å². The van der Waals surface area contributed by atoms with E-state index in [1.807, 2.05) is 25.7 Å². The highest BCUT2D eigenvalue weighted by Crippen LogP contribution is 2.24. The molecule has 0 radical (unpaired) electrons. The second kappa shape index (κ2) is 6.70. The van der Waals surface area contributed by atoms with E-state index in [2.05, 4.69) is 0 Å². The highest BCUT2D eigenvalue weighted by Gasteiger charge is 2.23. The number of carboxylic acid groups (broad SMARTS) is 1. The van der Waals surface area contributed by atoms with Gasteiger partial charge in [0.15, 0.2) is 11.6 Å². The SMILES string of the molecule is COc1cccc(CN(CCC(=O)O)C(C)(C)C)c1F. The van der Waals surface area contributed by atoms with E-state index in [0.717, 1.165) is 0 Å². The predicted molar refractivity (Wildman–Crippen MR) is 75.4 cm³/mol. The molecule has 1 aromatic rings. The molecule has 20 heavy (non-hydrogen) atoms. The van der Waals surface area contributed by atoms with Crippen LogP contribution in [0.4, 0.5) is 4.39 Å². The van der Waals surface area contributed by atoms with Gasteiger partial charge in [-0.15, -0.1) is 0 Å². The average molecular weight is 283 g/mol. The summed E-state index contributed by atoms with van der Waals surface area (Å²) in [5, 5.41) is 8.81. The Hall–Kier alpha value is -1.62. The van der Waals surface area contributed by atoms with Crippen molar-refractivity contribution < 1.29 is 19.0 Å². The lowest BCUT2D eigenvalue weighted by atomic mass is 10.0. The van der Waals surface area contributed by atoms with Crippen molar-refractivity contribution >= 4 is 5.97 Å². The van der Waals surface area contributed by atoms with Crippen LogP contribution in [-0.2, 0) is 11.3 Å². The normalized spacial score (nSPS) is 11.7. The topological polar surface area (TPSA) is 49.8 Å². The van der Waals surface area contributed by atoms with Crippen LogP contribution in [0.2, 0.25) is 0 Å². The van der Waals surface area contributed by atoms with Gasteiger partial charge in [-0.2, -0.15) is 0 Å². The van der Waals surface area contributed by atoms with E-state index < -0.39 is 5.97 Å². The lowest BCUT2D eigenvalue weighted by Crippen LogP contribution is -2.42. The van der Waals surface area contributed by atoms with E-state index in [0.29, 0.717) is 18.7 Å². The van der Waals surface area contributed by atoms with Crippen molar-refractivity contribution in [3.8, 4) is 5.75 Å². The van der Waals surface area contributed by atoms with Crippen molar-refractivity contribution in [2.45, 2.75) is 39.3 Å². The summed E-state index contributed by atoms with van der Waals surface area (Å²) in [6, 6.07) is 4.99. The van der Waals surface area contributed by atoms with E-state index in [-0.39, 0.29) is 23.5 Å². The molecule has 112 valence electrons. The summed E-state index contributed by atoms with van der Waals surface area (Å²) in [6.45, 7) is 6.65. The number of carboxylic acids is 1. The zero-order valence-electron chi connectivity index (χ0n) is 12.4. The number of ether oxygens (including phenoxy) is 1. The molecule has 0 heterocycles. The van der Waals surface area contributed by atoms with Gasteiger partial charge in [-0.3, -0.25) is 9.69 Å². The Morgan fingerprint density at radius 1 is 1.40 bits per heavy atom. The molecule has 0 bridgehead atoms. The zero-order chi connectivity index (χ0) is 15.3. The van der Waals surface area contributed by atoms with Crippen LogP contribution in [0, 0.1) is 5.82 Å². The van der Waals surface area contributed by atoms with Crippen molar-refractivity contribution in [1.29, 1.82) is 0 Å². The molecule has 0 spiro atoms. The fourth-order valence-corrected chi connectivity index (χ4v) is 1.92.